The average molecular weight is 379 g/mol. The molecule has 0 nitrogen and oxygen atoms in total. The second-order valence-corrected chi connectivity index (χ2v) is 13.4. The fourth-order valence-corrected chi connectivity index (χ4v) is 2.77. The predicted molar refractivity (Wildman–Crippen MR) is 66.3 cm³/mol. The van der Waals surface area contributed by atoms with Crippen LogP contribution in [0.3, 0.4) is 0 Å². The van der Waals surface area contributed by atoms with Crippen molar-refractivity contribution in [3.05, 3.63) is 0 Å². The van der Waals surface area contributed by atoms with Gasteiger partial charge in [-0.2, -0.15) is 8.78 Å². The van der Waals surface area contributed by atoms with Crippen LogP contribution in [0.5, 0.6) is 0 Å². The Morgan fingerprint density at radius 2 is 1.57 bits per heavy atom. The summed E-state index contributed by atoms with van der Waals surface area (Å²) < 4.78 is 38.1. The van der Waals surface area contributed by atoms with Crippen LogP contribution in [-0.4, -0.2) is 22.1 Å². The van der Waals surface area contributed by atoms with Gasteiger partial charge in [-0.3, -0.25) is 0 Å². The van der Waals surface area contributed by atoms with E-state index in [0.29, 0.717) is 0 Å². The summed E-state index contributed by atoms with van der Waals surface area (Å²) in [6.45, 7) is 5.89. The first kappa shape index (κ1) is 15.3. The highest BCUT2D eigenvalue weighted by atomic mass is 127. The van der Waals surface area contributed by atoms with Crippen LogP contribution in [0.1, 0.15) is 6.42 Å². The summed E-state index contributed by atoms with van der Waals surface area (Å²) in [4.78, 5) is 0. The Morgan fingerprint density at radius 1 is 1.21 bits per heavy atom. The van der Waals surface area contributed by atoms with E-state index in [1.54, 1.807) is 0 Å². The van der Waals surface area contributed by atoms with Gasteiger partial charge in [-0.25, -0.2) is 4.39 Å². The molecule has 0 spiro atoms. The minimum absolute atomic E-state index is 0.188. The quantitative estimate of drug-likeness (QED) is 0.374. The number of alkyl halides is 6. The molecule has 0 N–H and O–H groups in total. The van der Waals surface area contributed by atoms with E-state index in [1.165, 1.54) is 0 Å². The van der Waals surface area contributed by atoms with E-state index in [1.807, 2.05) is 42.2 Å². The molecule has 0 aliphatic rings. The SMILES string of the molecule is C[Si](C)(C)C(I)CC(F)(Cl)C(F)(F)Cl. The Balaban J connectivity index is 4.53. The van der Waals surface area contributed by atoms with Gasteiger partial charge < -0.3 is 0 Å². The molecule has 0 aromatic carbocycles. The topological polar surface area (TPSA) is 0 Å². The van der Waals surface area contributed by atoms with Gasteiger partial charge in [-0.15, -0.1) is 0 Å². The molecule has 0 aliphatic carbocycles. The zero-order valence-corrected chi connectivity index (χ0v) is 12.7. The van der Waals surface area contributed by atoms with Crippen LogP contribution in [0.2, 0.25) is 19.6 Å². The third kappa shape index (κ3) is 4.45. The lowest BCUT2D eigenvalue weighted by Crippen LogP contribution is -2.43. The normalized spacial score (nSPS) is 20.4. The summed E-state index contributed by atoms with van der Waals surface area (Å²) in [5, 5.41) is -7.17. The van der Waals surface area contributed by atoms with Gasteiger partial charge in [0.2, 0.25) is 0 Å². The lowest BCUT2D eigenvalue weighted by Gasteiger charge is -2.30. The van der Waals surface area contributed by atoms with Crippen LogP contribution in [0.4, 0.5) is 13.2 Å². The molecule has 0 bridgehead atoms. The molecule has 0 rings (SSSR count). The third-order valence-electron chi connectivity index (χ3n) is 1.79. The molecule has 0 radical (unpaired) electrons. The van der Waals surface area contributed by atoms with Crippen molar-refractivity contribution < 1.29 is 13.2 Å². The molecule has 14 heavy (non-hydrogen) atoms. The monoisotopic (exact) mass is 378 g/mol. The minimum atomic E-state index is -4.02. The molecule has 7 heteroatoms. The fourth-order valence-electron chi connectivity index (χ4n) is 0.647. The number of hydrogen-bond acceptors (Lipinski definition) is 0. The van der Waals surface area contributed by atoms with Gasteiger partial charge in [0.05, 0.1) is 8.07 Å². The highest BCUT2D eigenvalue weighted by molar-refractivity contribution is 14.1. The maximum Gasteiger partial charge on any atom is 0.369 e. The van der Waals surface area contributed by atoms with Crippen molar-refractivity contribution in [1.29, 1.82) is 0 Å². The molecule has 2 atom stereocenters. The van der Waals surface area contributed by atoms with Crippen LogP contribution >= 0.6 is 45.8 Å². The van der Waals surface area contributed by atoms with E-state index >= 15 is 0 Å². The molecule has 0 aromatic heterocycles. The maximum absolute atomic E-state index is 13.3. The molecule has 0 heterocycles. The lowest BCUT2D eigenvalue weighted by atomic mass is 10.3. The van der Waals surface area contributed by atoms with Gasteiger partial charge in [0.15, 0.2) is 0 Å². The van der Waals surface area contributed by atoms with Crippen molar-refractivity contribution in [2.75, 3.05) is 0 Å². The second-order valence-electron chi connectivity index (χ2n) is 4.24. The Hall–Kier alpha value is 1.32. The summed E-state index contributed by atoms with van der Waals surface area (Å²) in [6.07, 6.45) is -0.429. The van der Waals surface area contributed by atoms with Crippen LogP contribution in [0, 0.1) is 0 Å². The van der Waals surface area contributed by atoms with Gasteiger partial charge in [-0.05, 0) is 11.6 Å². The molecular weight excluding hydrogens is 367 g/mol. The summed E-state index contributed by atoms with van der Waals surface area (Å²) in [5.41, 5.74) is 0. The Morgan fingerprint density at radius 3 is 1.79 bits per heavy atom. The largest absolute Gasteiger partial charge is 0.369 e. The van der Waals surface area contributed by atoms with Crippen molar-refractivity contribution in [1.82, 2.24) is 0 Å². The molecule has 0 aromatic rings. The van der Waals surface area contributed by atoms with Crippen molar-refractivity contribution in [3.63, 3.8) is 0 Å². The van der Waals surface area contributed by atoms with Crippen molar-refractivity contribution >= 4 is 53.9 Å². The minimum Gasteiger partial charge on any atom is -0.218 e. The van der Waals surface area contributed by atoms with Gasteiger partial charge in [-0.1, -0.05) is 53.8 Å². The first-order valence-corrected chi connectivity index (χ1v) is 9.54. The first-order chi connectivity index (χ1) is 5.88. The molecular formula is C7H12Cl2F3ISi. The molecule has 0 amide bonds. The van der Waals surface area contributed by atoms with E-state index in [9.17, 15) is 13.2 Å². The van der Waals surface area contributed by atoms with E-state index in [2.05, 4.69) is 11.6 Å². The number of hydrogen-bond donors (Lipinski definition) is 0. The Kier molecular flexibility index (Phi) is 5.11. The smallest absolute Gasteiger partial charge is 0.218 e. The highest BCUT2D eigenvalue weighted by Crippen LogP contribution is 2.45. The van der Waals surface area contributed by atoms with E-state index in [4.69, 9.17) is 11.6 Å². The van der Waals surface area contributed by atoms with Gasteiger partial charge in [0.25, 0.3) is 5.13 Å². The molecule has 0 saturated heterocycles. The van der Waals surface area contributed by atoms with Crippen LogP contribution in [0.15, 0.2) is 0 Å². The van der Waals surface area contributed by atoms with Crippen LogP contribution < -0.4 is 0 Å². The van der Waals surface area contributed by atoms with Crippen molar-refractivity contribution in [2.45, 2.75) is 40.1 Å². The maximum atomic E-state index is 13.3. The molecule has 86 valence electrons. The number of halogens is 6. The summed E-state index contributed by atoms with van der Waals surface area (Å²) >= 11 is 11.6. The predicted octanol–water partition coefficient (Wildman–Crippen LogP) is 4.79. The summed E-state index contributed by atoms with van der Waals surface area (Å²) in [5.74, 6) is 0. The zero-order valence-electron chi connectivity index (χ0n) is 8.05. The fraction of sp³-hybridized carbons (Fsp3) is 1.00. The summed E-state index contributed by atoms with van der Waals surface area (Å²) in [7, 11) is -1.68. The second kappa shape index (κ2) is 4.67. The molecule has 0 saturated carbocycles. The van der Waals surface area contributed by atoms with E-state index in [-0.39, 0.29) is 3.55 Å². The van der Waals surface area contributed by atoms with E-state index in [0.717, 1.165) is 0 Å². The highest BCUT2D eigenvalue weighted by Gasteiger charge is 2.54. The Labute approximate surface area is 107 Å². The van der Waals surface area contributed by atoms with Crippen molar-refractivity contribution in [2.24, 2.45) is 0 Å². The first-order valence-electron chi connectivity index (χ1n) is 3.96. The Bertz CT molecular complexity index is 200. The lowest BCUT2D eigenvalue weighted by molar-refractivity contribution is -0.0216. The van der Waals surface area contributed by atoms with Gasteiger partial charge in [0, 0.05) is 9.97 Å². The van der Waals surface area contributed by atoms with Crippen LogP contribution in [-0.2, 0) is 0 Å². The van der Waals surface area contributed by atoms with E-state index < -0.39 is 25.0 Å². The van der Waals surface area contributed by atoms with Crippen LogP contribution in [0.25, 0.3) is 0 Å². The third-order valence-corrected chi connectivity index (χ3v) is 10.7. The van der Waals surface area contributed by atoms with Gasteiger partial charge >= 0.3 is 5.38 Å². The standard InChI is InChI=1S/C7H12Cl2F3ISi/c1-14(2,3)5(13)4-6(8,10)7(9,11)12/h5H,4H2,1-3H3. The van der Waals surface area contributed by atoms with Gasteiger partial charge in [0.1, 0.15) is 0 Å². The average Bonchev–Trinajstić information content (AvgIpc) is 1.80. The zero-order chi connectivity index (χ0) is 11.8. The molecule has 0 fully saturated rings. The molecule has 2 unspecified atom stereocenters. The number of rotatable bonds is 4. The summed E-state index contributed by atoms with van der Waals surface area (Å²) in [6, 6.07) is 0. The molecule has 0 aliphatic heterocycles. The van der Waals surface area contributed by atoms with Crippen molar-refractivity contribution in [3.8, 4) is 0 Å².